The third-order valence-corrected chi connectivity index (χ3v) is 9.02. The molecule has 0 aliphatic carbocycles. The Morgan fingerprint density at radius 2 is 0.717 bits per heavy atom. The molecule has 0 N–H and O–H groups in total. The molecule has 0 atom stereocenters. The second kappa shape index (κ2) is 13.4. The first-order valence-corrected chi connectivity index (χ1v) is 16.3. The molecule has 5 aromatic carbocycles. The van der Waals surface area contributed by atoms with Crippen molar-refractivity contribution in [2.45, 2.75) is 58.3 Å². The van der Waals surface area contributed by atoms with E-state index in [1.165, 1.54) is 11.1 Å². The molecule has 5 rings (SSSR count). The molecule has 0 bridgehead atoms. The van der Waals surface area contributed by atoms with E-state index in [-0.39, 0.29) is 16.7 Å². The molecule has 0 spiro atoms. The van der Waals surface area contributed by atoms with Gasteiger partial charge in [0.2, 0.25) is 0 Å². The zero-order chi connectivity index (χ0) is 33.1. The Morgan fingerprint density at radius 3 is 0.978 bits per heavy atom. The highest BCUT2D eigenvalue weighted by molar-refractivity contribution is 9.10. The summed E-state index contributed by atoms with van der Waals surface area (Å²) < 4.78 is 1.02. The van der Waals surface area contributed by atoms with Gasteiger partial charge in [0, 0.05) is 10.4 Å². The van der Waals surface area contributed by atoms with Crippen molar-refractivity contribution in [2.75, 3.05) is 0 Å². The number of nitrogens with zero attached hydrogens (tertiary/aromatic N) is 4. The maximum absolute atomic E-state index is 10.0. The van der Waals surface area contributed by atoms with Crippen LogP contribution >= 0.6 is 15.9 Å². The van der Waals surface area contributed by atoms with E-state index in [4.69, 9.17) is 0 Å². The average molecular weight is 668 g/mol. The first kappa shape index (κ1) is 32.7. The highest BCUT2D eigenvalue weighted by Crippen LogP contribution is 2.34. The van der Waals surface area contributed by atoms with Crippen molar-refractivity contribution in [3.05, 3.63) is 187 Å². The highest BCUT2D eigenvalue weighted by atomic mass is 79.9. The quantitative estimate of drug-likeness (QED) is 0.0717. The van der Waals surface area contributed by atoms with Crippen molar-refractivity contribution in [1.82, 2.24) is 0 Å². The fourth-order valence-electron chi connectivity index (χ4n) is 5.72. The van der Waals surface area contributed by atoms with Crippen molar-refractivity contribution < 1.29 is 9.58 Å². The Kier molecular flexibility index (Phi) is 9.51. The van der Waals surface area contributed by atoms with Gasteiger partial charge < -0.3 is 11.1 Å². The van der Waals surface area contributed by atoms with Gasteiger partial charge in [0.1, 0.15) is 0 Å². The molecule has 0 saturated heterocycles. The number of benzene rings is 5. The Balaban J connectivity index is 1.47. The molecule has 230 valence electrons. The van der Waals surface area contributed by atoms with Crippen LogP contribution in [0.15, 0.2) is 126 Å². The molecule has 0 aliphatic rings. The van der Waals surface area contributed by atoms with Gasteiger partial charge in [0.05, 0.1) is 22.3 Å². The van der Waals surface area contributed by atoms with Crippen molar-refractivity contribution in [3.63, 3.8) is 0 Å². The van der Waals surface area contributed by atoms with Crippen LogP contribution < -0.4 is 0 Å². The highest BCUT2D eigenvalue weighted by Gasteiger charge is 2.23. The smallest absolute Gasteiger partial charge is 0.329 e. The molecule has 0 fully saturated rings. The average Bonchev–Trinajstić information content (AvgIpc) is 3.04. The van der Waals surface area contributed by atoms with Crippen LogP contribution in [0.2, 0.25) is 0 Å². The van der Waals surface area contributed by atoms with Crippen molar-refractivity contribution >= 4 is 27.4 Å². The Morgan fingerprint density at radius 1 is 0.457 bits per heavy atom. The SMILES string of the molecule is CC(C)(C)c1ccc(C(=[N+]=[N-])c2ccc(C(c3ccc(Br)cc3)c3ccc(C(=[N+]=[N-])c4ccc(C(C)(C)C)cc4)cc3)cc2)cc1. The molecule has 4 nitrogen and oxygen atoms in total. The zero-order valence-electron chi connectivity index (χ0n) is 27.3. The van der Waals surface area contributed by atoms with Crippen molar-refractivity contribution in [3.8, 4) is 0 Å². The topological polar surface area (TPSA) is 72.8 Å². The normalized spacial score (nSPS) is 12.2. The molecule has 0 amide bonds. The minimum absolute atomic E-state index is 0.0428. The summed E-state index contributed by atoms with van der Waals surface area (Å²) >= 11 is 3.57. The minimum atomic E-state index is -0.0441. The van der Waals surface area contributed by atoms with E-state index in [0.717, 1.165) is 43.4 Å². The largest absolute Gasteiger partial charge is 0.361 e. The number of halogens is 1. The van der Waals surface area contributed by atoms with Crippen LogP contribution in [0.3, 0.4) is 0 Å². The summed E-state index contributed by atoms with van der Waals surface area (Å²) in [5, 5.41) is 0. The fourth-order valence-corrected chi connectivity index (χ4v) is 5.98. The standard InChI is InChI=1S/C41H39BrN4/c1-40(2,3)34-21-15-32(16-22-34)38(45-43)30-11-7-27(8-12-30)37(29-19-25-36(42)26-20-29)28-9-13-31(14-10-28)39(46-44)33-17-23-35(24-18-33)41(4,5)6/h7-26,37H,1-6H3. The van der Waals surface area contributed by atoms with Gasteiger partial charge in [-0.05, 0) is 99.3 Å². The van der Waals surface area contributed by atoms with E-state index in [0.29, 0.717) is 11.4 Å². The summed E-state index contributed by atoms with van der Waals surface area (Å²) in [6.45, 7) is 13.1. The maximum Gasteiger partial charge on any atom is 0.329 e. The minimum Gasteiger partial charge on any atom is -0.361 e. The molecule has 0 heterocycles. The maximum atomic E-state index is 10.0. The van der Waals surface area contributed by atoms with Crippen LogP contribution in [-0.2, 0) is 10.8 Å². The first-order valence-electron chi connectivity index (χ1n) is 15.5. The summed E-state index contributed by atoms with van der Waals surface area (Å²) in [6.07, 6.45) is 0. The van der Waals surface area contributed by atoms with Gasteiger partial charge in [-0.25, -0.2) is 0 Å². The Hall–Kier alpha value is -4.66. The second-order valence-electron chi connectivity index (χ2n) is 13.8. The van der Waals surface area contributed by atoms with Gasteiger partial charge in [-0.2, -0.15) is 9.58 Å². The van der Waals surface area contributed by atoms with E-state index < -0.39 is 0 Å². The number of hydrogen-bond donors (Lipinski definition) is 0. The van der Waals surface area contributed by atoms with Gasteiger partial charge in [-0.15, -0.1) is 0 Å². The monoisotopic (exact) mass is 666 g/mol. The second-order valence-corrected chi connectivity index (χ2v) is 14.7. The van der Waals surface area contributed by atoms with Gasteiger partial charge in [-0.1, -0.05) is 118 Å². The Labute approximate surface area is 281 Å². The lowest BCUT2D eigenvalue weighted by Crippen LogP contribution is -2.12. The molecule has 5 heteroatoms. The molecular weight excluding hydrogens is 628 g/mol. The summed E-state index contributed by atoms with van der Waals surface area (Å²) in [4.78, 5) is 7.35. The lowest BCUT2D eigenvalue weighted by molar-refractivity contribution is -0.00323. The van der Waals surface area contributed by atoms with E-state index in [9.17, 15) is 11.1 Å². The van der Waals surface area contributed by atoms with Gasteiger partial charge >= 0.3 is 11.4 Å². The molecular formula is C41H39BrN4. The third kappa shape index (κ3) is 7.25. The number of rotatable bonds is 7. The van der Waals surface area contributed by atoms with Crippen molar-refractivity contribution in [2.24, 2.45) is 0 Å². The van der Waals surface area contributed by atoms with Gasteiger partial charge in [0.15, 0.2) is 0 Å². The number of hydrogen-bond acceptors (Lipinski definition) is 0. The van der Waals surface area contributed by atoms with Gasteiger partial charge in [-0.3, -0.25) is 0 Å². The van der Waals surface area contributed by atoms with Crippen LogP contribution in [0.1, 0.15) is 97.5 Å². The van der Waals surface area contributed by atoms with Gasteiger partial charge in [0.25, 0.3) is 0 Å². The fraction of sp³-hybridized carbons (Fsp3) is 0.220. The molecule has 0 aliphatic heterocycles. The predicted octanol–water partition coefficient (Wildman–Crippen LogP) is 10.4. The summed E-state index contributed by atoms with van der Waals surface area (Å²) in [5.74, 6) is -0.0441. The lowest BCUT2D eigenvalue weighted by Gasteiger charge is -2.20. The lowest BCUT2D eigenvalue weighted by atomic mass is 9.83. The van der Waals surface area contributed by atoms with Crippen LogP contribution in [0.5, 0.6) is 0 Å². The van der Waals surface area contributed by atoms with E-state index in [1.54, 1.807) is 0 Å². The van der Waals surface area contributed by atoms with Crippen LogP contribution in [-0.4, -0.2) is 21.0 Å². The summed E-state index contributed by atoms with van der Waals surface area (Å²) in [7, 11) is 0. The zero-order valence-corrected chi connectivity index (χ0v) is 28.9. The molecule has 46 heavy (non-hydrogen) atoms. The first-order chi connectivity index (χ1) is 21.9. The molecule has 0 aromatic heterocycles. The summed E-state index contributed by atoms with van der Waals surface area (Å²) in [6, 6.07) is 41.2. The molecule has 0 saturated carbocycles. The summed E-state index contributed by atoms with van der Waals surface area (Å²) in [5.41, 5.74) is 30.3. The van der Waals surface area contributed by atoms with E-state index >= 15 is 0 Å². The van der Waals surface area contributed by atoms with Crippen molar-refractivity contribution in [1.29, 1.82) is 0 Å². The van der Waals surface area contributed by atoms with Crippen LogP contribution in [0.4, 0.5) is 0 Å². The third-order valence-electron chi connectivity index (χ3n) is 8.49. The molecule has 0 unspecified atom stereocenters. The van der Waals surface area contributed by atoms with Crippen LogP contribution in [0, 0.1) is 0 Å². The Bertz CT molecular complexity index is 1790. The predicted molar refractivity (Wildman–Crippen MR) is 192 cm³/mol. The molecule has 5 aromatic rings. The van der Waals surface area contributed by atoms with E-state index in [2.05, 4.69) is 140 Å². The van der Waals surface area contributed by atoms with Crippen LogP contribution in [0.25, 0.3) is 11.1 Å². The van der Waals surface area contributed by atoms with E-state index in [1.807, 2.05) is 48.5 Å². The molecule has 0 radical (unpaired) electrons.